The number of aromatic nitrogens is 2. The summed E-state index contributed by atoms with van der Waals surface area (Å²) in [5.74, 6) is 1.52. The molecule has 0 saturated carbocycles. The van der Waals surface area contributed by atoms with E-state index < -0.39 is 11.8 Å². The third kappa shape index (κ3) is 4.42. The molecule has 1 aliphatic rings. The van der Waals surface area contributed by atoms with E-state index in [1.54, 1.807) is 23.6 Å². The number of carbonyl (C=O) groups excluding carboxylic acids is 2. The summed E-state index contributed by atoms with van der Waals surface area (Å²) >= 11 is 1.74. The molecule has 0 aliphatic carbocycles. The second kappa shape index (κ2) is 8.45. The summed E-state index contributed by atoms with van der Waals surface area (Å²) in [7, 11) is 5.58. The first-order chi connectivity index (χ1) is 13.0. The largest absolute Gasteiger partial charge is 0.497 e. The number of amides is 2. The minimum atomic E-state index is -0.682. The summed E-state index contributed by atoms with van der Waals surface area (Å²) in [5.41, 5.74) is 2.69. The van der Waals surface area contributed by atoms with Crippen LogP contribution in [0.3, 0.4) is 0 Å². The average Bonchev–Trinajstić information content (AvgIpc) is 3.24. The summed E-state index contributed by atoms with van der Waals surface area (Å²) in [6.45, 7) is 1.19. The Bertz CT molecular complexity index is 832. The maximum absolute atomic E-state index is 12.4. The molecule has 3 N–H and O–H groups in total. The van der Waals surface area contributed by atoms with Crippen molar-refractivity contribution in [1.82, 2.24) is 15.1 Å². The highest BCUT2D eigenvalue weighted by molar-refractivity contribution is 7.98. The molecule has 2 amide bonds. The Kier molecular flexibility index (Phi) is 6.02. The lowest BCUT2D eigenvalue weighted by Gasteiger charge is -2.12. The number of nitrogens with zero attached hydrogens (tertiary/aromatic N) is 2. The number of carbonyl (C=O) groups is 2. The highest BCUT2D eigenvalue weighted by Crippen LogP contribution is 2.36. The second-order valence-corrected chi connectivity index (χ2v) is 7.53. The fourth-order valence-corrected chi connectivity index (χ4v) is 3.76. The van der Waals surface area contributed by atoms with Crippen molar-refractivity contribution in [3.8, 4) is 11.4 Å². The van der Waals surface area contributed by atoms with Crippen LogP contribution in [0, 0.1) is 0 Å². The SMILES string of the molecule is COc1ccc(-n2nc3c(c2NC(=O)C(=O)NCC[NH+](C)C)CSC3)cc1. The molecule has 0 spiro atoms. The molecule has 0 atom stereocenters. The summed E-state index contributed by atoms with van der Waals surface area (Å²) in [6, 6.07) is 7.39. The monoisotopic (exact) mass is 390 g/mol. The van der Waals surface area contributed by atoms with Gasteiger partial charge < -0.3 is 20.3 Å². The van der Waals surface area contributed by atoms with E-state index in [0.717, 1.165) is 40.7 Å². The zero-order valence-electron chi connectivity index (χ0n) is 15.7. The van der Waals surface area contributed by atoms with Gasteiger partial charge in [0.2, 0.25) is 0 Å². The Balaban J connectivity index is 1.79. The van der Waals surface area contributed by atoms with Gasteiger partial charge in [0.05, 0.1) is 45.7 Å². The standard InChI is InChI=1S/C18H23N5O3S/c1-22(2)9-8-19-17(24)18(25)20-16-14-10-27-11-15(14)21-23(16)12-4-6-13(26-3)7-5-12/h4-7H,8-11H2,1-3H3,(H,19,24)(H,20,25)/p+1. The van der Waals surface area contributed by atoms with E-state index >= 15 is 0 Å². The van der Waals surface area contributed by atoms with Gasteiger partial charge in [-0.1, -0.05) is 0 Å². The molecular weight excluding hydrogens is 366 g/mol. The maximum Gasteiger partial charge on any atom is 0.314 e. The van der Waals surface area contributed by atoms with Crippen molar-refractivity contribution >= 4 is 29.4 Å². The van der Waals surface area contributed by atoms with Gasteiger partial charge in [-0.3, -0.25) is 9.59 Å². The fraction of sp³-hybridized carbons (Fsp3) is 0.389. The van der Waals surface area contributed by atoms with Crippen LogP contribution < -0.4 is 20.3 Å². The molecule has 1 aliphatic heterocycles. The third-order valence-electron chi connectivity index (χ3n) is 4.22. The Morgan fingerprint density at radius 2 is 1.96 bits per heavy atom. The van der Waals surface area contributed by atoms with Gasteiger partial charge in [0.25, 0.3) is 0 Å². The van der Waals surface area contributed by atoms with Crippen LogP contribution in [-0.4, -0.2) is 55.9 Å². The Hall–Kier alpha value is -2.52. The van der Waals surface area contributed by atoms with Crippen molar-refractivity contribution in [3.05, 3.63) is 35.5 Å². The van der Waals surface area contributed by atoms with E-state index in [1.807, 2.05) is 38.4 Å². The van der Waals surface area contributed by atoms with E-state index in [2.05, 4.69) is 15.7 Å². The number of likely N-dealkylation sites (N-methyl/N-ethyl adjacent to an activating group) is 1. The van der Waals surface area contributed by atoms with E-state index in [1.165, 1.54) is 4.90 Å². The summed E-state index contributed by atoms with van der Waals surface area (Å²) in [6.07, 6.45) is 0. The molecule has 0 radical (unpaired) electrons. The molecule has 9 heteroatoms. The van der Waals surface area contributed by atoms with E-state index in [4.69, 9.17) is 4.74 Å². The van der Waals surface area contributed by atoms with Crippen LogP contribution in [0.1, 0.15) is 11.3 Å². The van der Waals surface area contributed by atoms with Crippen LogP contribution in [0.25, 0.3) is 5.69 Å². The maximum atomic E-state index is 12.4. The van der Waals surface area contributed by atoms with Crippen molar-refractivity contribution in [2.45, 2.75) is 11.5 Å². The molecule has 3 rings (SSSR count). The number of anilines is 1. The molecule has 1 aromatic carbocycles. The summed E-state index contributed by atoms with van der Waals surface area (Å²) in [5, 5.41) is 10.0. The molecular formula is C18H24N5O3S+. The molecule has 0 bridgehead atoms. The van der Waals surface area contributed by atoms with Gasteiger partial charge >= 0.3 is 11.8 Å². The van der Waals surface area contributed by atoms with Crippen LogP contribution in [0.5, 0.6) is 5.75 Å². The van der Waals surface area contributed by atoms with Crippen LogP contribution >= 0.6 is 11.8 Å². The second-order valence-electron chi connectivity index (χ2n) is 6.54. The molecule has 1 aromatic heterocycles. The first-order valence-electron chi connectivity index (χ1n) is 8.70. The van der Waals surface area contributed by atoms with Gasteiger partial charge in [0.15, 0.2) is 0 Å². The van der Waals surface area contributed by atoms with Gasteiger partial charge in [-0.25, -0.2) is 4.68 Å². The molecule has 8 nitrogen and oxygen atoms in total. The number of ether oxygens (including phenoxy) is 1. The van der Waals surface area contributed by atoms with Crippen molar-refractivity contribution in [1.29, 1.82) is 0 Å². The minimum absolute atomic E-state index is 0.445. The summed E-state index contributed by atoms with van der Waals surface area (Å²) < 4.78 is 6.87. The van der Waals surface area contributed by atoms with Gasteiger partial charge in [-0.2, -0.15) is 16.9 Å². The zero-order valence-corrected chi connectivity index (χ0v) is 16.5. The molecule has 2 heterocycles. The van der Waals surface area contributed by atoms with Crippen LogP contribution in [0.2, 0.25) is 0 Å². The van der Waals surface area contributed by atoms with Crippen LogP contribution in [0.4, 0.5) is 5.82 Å². The number of fused-ring (bicyclic) bond motifs is 1. The number of methoxy groups -OCH3 is 1. The Labute approximate surface area is 162 Å². The predicted molar refractivity (Wildman–Crippen MR) is 104 cm³/mol. The zero-order chi connectivity index (χ0) is 19.4. The van der Waals surface area contributed by atoms with Crippen molar-refractivity contribution in [2.24, 2.45) is 0 Å². The Morgan fingerprint density at radius 1 is 1.22 bits per heavy atom. The number of hydrogen-bond acceptors (Lipinski definition) is 5. The highest BCUT2D eigenvalue weighted by Gasteiger charge is 2.26. The molecule has 2 aromatic rings. The Morgan fingerprint density at radius 3 is 2.63 bits per heavy atom. The number of benzene rings is 1. The summed E-state index contributed by atoms with van der Waals surface area (Å²) in [4.78, 5) is 25.7. The smallest absolute Gasteiger partial charge is 0.314 e. The average molecular weight is 390 g/mol. The predicted octanol–water partition coefficient (Wildman–Crippen LogP) is -0.173. The van der Waals surface area contributed by atoms with Gasteiger partial charge in [0.1, 0.15) is 11.6 Å². The quantitative estimate of drug-likeness (QED) is 0.596. The van der Waals surface area contributed by atoms with Gasteiger partial charge in [-0.15, -0.1) is 0 Å². The molecule has 27 heavy (non-hydrogen) atoms. The van der Waals surface area contributed by atoms with Crippen molar-refractivity contribution in [2.75, 3.05) is 39.6 Å². The number of thioether (sulfide) groups is 1. The minimum Gasteiger partial charge on any atom is -0.497 e. The van der Waals surface area contributed by atoms with Gasteiger partial charge in [0, 0.05) is 17.1 Å². The van der Waals surface area contributed by atoms with Crippen molar-refractivity contribution < 1.29 is 19.2 Å². The van der Waals surface area contributed by atoms with Crippen molar-refractivity contribution in [3.63, 3.8) is 0 Å². The number of quaternary nitrogens is 1. The number of nitrogens with one attached hydrogen (secondary N) is 3. The van der Waals surface area contributed by atoms with Gasteiger partial charge in [-0.05, 0) is 24.3 Å². The molecule has 144 valence electrons. The lowest BCUT2D eigenvalue weighted by atomic mass is 10.2. The number of rotatable bonds is 6. The fourth-order valence-electron chi connectivity index (χ4n) is 2.72. The van der Waals surface area contributed by atoms with Crippen LogP contribution in [0.15, 0.2) is 24.3 Å². The third-order valence-corrected chi connectivity index (χ3v) is 5.19. The van der Waals surface area contributed by atoms with E-state index in [0.29, 0.717) is 12.4 Å². The number of hydrogen-bond donors (Lipinski definition) is 3. The lowest BCUT2D eigenvalue weighted by molar-refractivity contribution is -0.856. The normalized spacial score (nSPS) is 12.7. The topological polar surface area (TPSA) is 89.7 Å². The van der Waals surface area contributed by atoms with Crippen LogP contribution in [-0.2, 0) is 21.1 Å². The molecule has 0 fully saturated rings. The molecule has 0 unspecified atom stereocenters. The highest BCUT2D eigenvalue weighted by atomic mass is 32.2. The lowest BCUT2D eigenvalue weighted by Crippen LogP contribution is -3.06. The first kappa shape index (κ1) is 19.2. The first-order valence-corrected chi connectivity index (χ1v) is 9.86. The van der Waals surface area contributed by atoms with E-state index in [-0.39, 0.29) is 0 Å². The van der Waals surface area contributed by atoms with E-state index in [9.17, 15) is 9.59 Å². The molecule has 0 saturated heterocycles.